The number of benzene rings is 3. The number of ether oxygens (including phenoxy) is 2. The number of rotatable bonds is 6. The summed E-state index contributed by atoms with van der Waals surface area (Å²) in [6.45, 7) is 1.80. The normalized spacial score (nSPS) is 15.1. The Hall–Kier alpha value is -4.43. The van der Waals surface area contributed by atoms with E-state index in [1.807, 2.05) is 84.9 Å². The van der Waals surface area contributed by atoms with E-state index in [0.717, 1.165) is 11.1 Å². The molecule has 3 aromatic carbocycles. The fourth-order valence-corrected chi connectivity index (χ4v) is 5.39. The number of nitrogens with one attached hydrogen (secondary N) is 1. The van der Waals surface area contributed by atoms with Crippen molar-refractivity contribution in [1.82, 2.24) is 4.57 Å². The van der Waals surface area contributed by atoms with Crippen LogP contribution in [0.5, 0.6) is 11.5 Å². The van der Waals surface area contributed by atoms with Crippen LogP contribution < -0.4 is 29.7 Å². The van der Waals surface area contributed by atoms with E-state index in [9.17, 15) is 9.59 Å². The van der Waals surface area contributed by atoms with Gasteiger partial charge in [0.1, 0.15) is 11.5 Å². The fraction of sp³-hybridized carbons (Fsp3) is 0.138. The number of allylic oxidation sites excluding steroid dienone is 1. The summed E-state index contributed by atoms with van der Waals surface area (Å²) in [6.07, 6.45) is 1.82. The quantitative estimate of drug-likeness (QED) is 0.426. The van der Waals surface area contributed by atoms with Gasteiger partial charge in [-0.2, -0.15) is 0 Å². The highest BCUT2D eigenvalue weighted by molar-refractivity contribution is 7.07. The van der Waals surface area contributed by atoms with Crippen LogP contribution in [-0.4, -0.2) is 24.7 Å². The Labute approximate surface area is 217 Å². The van der Waals surface area contributed by atoms with Crippen molar-refractivity contribution in [2.75, 3.05) is 19.5 Å². The lowest BCUT2D eigenvalue weighted by Crippen LogP contribution is -2.40. The Morgan fingerprint density at radius 1 is 0.973 bits per heavy atom. The molecule has 1 N–H and O–H groups in total. The van der Waals surface area contributed by atoms with Crippen molar-refractivity contribution in [1.29, 1.82) is 0 Å². The second-order valence-electron chi connectivity index (χ2n) is 8.46. The molecule has 37 heavy (non-hydrogen) atoms. The topological polar surface area (TPSA) is 81.9 Å². The van der Waals surface area contributed by atoms with E-state index < -0.39 is 6.04 Å². The van der Waals surface area contributed by atoms with Crippen molar-refractivity contribution >= 4 is 29.0 Å². The number of methoxy groups -OCH3 is 2. The van der Waals surface area contributed by atoms with Crippen molar-refractivity contribution in [2.45, 2.75) is 13.0 Å². The molecule has 1 aliphatic rings. The molecule has 0 saturated heterocycles. The highest BCUT2D eigenvalue weighted by Crippen LogP contribution is 2.32. The van der Waals surface area contributed by atoms with Crippen LogP contribution in [-0.2, 0) is 4.79 Å². The molecule has 1 aliphatic heterocycles. The Bertz CT molecular complexity index is 1690. The molecule has 0 radical (unpaired) electrons. The third kappa shape index (κ3) is 4.83. The monoisotopic (exact) mass is 511 g/mol. The molecule has 2 heterocycles. The van der Waals surface area contributed by atoms with E-state index >= 15 is 0 Å². The summed E-state index contributed by atoms with van der Waals surface area (Å²) in [5.74, 6) is 1.02. The first-order valence-corrected chi connectivity index (χ1v) is 12.5. The van der Waals surface area contributed by atoms with Gasteiger partial charge in [-0.3, -0.25) is 14.2 Å². The van der Waals surface area contributed by atoms with Gasteiger partial charge in [-0.1, -0.05) is 53.8 Å². The zero-order valence-electron chi connectivity index (χ0n) is 20.6. The summed E-state index contributed by atoms with van der Waals surface area (Å²) < 4.78 is 12.9. The summed E-state index contributed by atoms with van der Waals surface area (Å²) in [5.41, 5.74) is 2.97. The number of aromatic nitrogens is 1. The van der Waals surface area contributed by atoms with Crippen LogP contribution in [0.3, 0.4) is 0 Å². The summed E-state index contributed by atoms with van der Waals surface area (Å²) in [6, 6.07) is 23.4. The minimum Gasteiger partial charge on any atom is -0.497 e. The van der Waals surface area contributed by atoms with Gasteiger partial charge in [0, 0.05) is 5.69 Å². The minimum atomic E-state index is -0.678. The maximum absolute atomic E-state index is 13.8. The van der Waals surface area contributed by atoms with Crippen molar-refractivity contribution in [3.05, 3.63) is 121 Å². The molecule has 0 aliphatic carbocycles. The van der Waals surface area contributed by atoms with Gasteiger partial charge in [-0.05, 0) is 60.5 Å². The zero-order valence-corrected chi connectivity index (χ0v) is 21.4. The third-order valence-corrected chi connectivity index (χ3v) is 7.08. The fourth-order valence-electron chi connectivity index (χ4n) is 4.34. The smallest absolute Gasteiger partial charge is 0.271 e. The van der Waals surface area contributed by atoms with E-state index in [-0.39, 0.29) is 11.5 Å². The van der Waals surface area contributed by atoms with Gasteiger partial charge in [0.25, 0.3) is 11.5 Å². The molecule has 1 amide bonds. The van der Waals surface area contributed by atoms with Crippen LogP contribution in [0.2, 0.25) is 0 Å². The number of nitrogens with zero attached hydrogens (tertiary/aromatic N) is 2. The Morgan fingerprint density at radius 3 is 2.41 bits per heavy atom. The zero-order chi connectivity index (χ0) is 25.9. The van der Waals surface area contributed by atoms with Crippen LogP contribution in [0.1, 0.15) is 24.1 Å². The number of thiazole rings is 1. The maximum atomic E-state index is 13.8. The molecule has 8 heteroatoms. The molecule has 4 aromatic rings. The van der Waals surface area contributed by atoms with Gasteiger partial charge < -0.3 is 14.8 Å². The predicted octanol–water partition coefficient (Wildman–Crippen LogP) is 3.89. The van der Waals surface area contributed by atoms with Gasteiger partial charge in [0.15, 0.2) is 4.80 Å². The van der Waals surface area contributed by atoms with Crippen LogP contribution in [0, 0.1) is 0 Å². The second-order valence-corrected chi connectivity index (χ2v) is 9.46. The largest absolute Gasteiger partial charge is 0.497 e. The predicted molar refractivity (Wildman–Crippen MR) is 145 cm³/mol. The van der Waals surface area contributed by atoms with Crippen molar-refractivity contribution in [3.8, 4) is 11.5 Å². The molecular formula is C29H25N3O4S. The first-order valence-electron chi connectivity index (χ1n) is 11.7. The van der Waals surface area contributed by atoms with Crippen molar-refractivity contribution < 1.29 is 14.3 Å². The summed E-state index contributed by atoms with van der Waals surface area (Å²) in [7, 11) is 3.19. The lowest BCUT2D eigenvalue weighted by Gasteiger charge is -2.25. The number of carbonyl (C=O) groups excluding carboxylic acids is 1. The molecule has 7 nitrogen and oxygen atoms in total. The van der Waals surface area contributed by atoms with Crippen LogP contribution in [0.4, 0.5) is 5.69 Å². The van der Waals surface area contributed by atoms with Gasteiger partial charge in [0.2, 0.25) is 0 Å². The average molecular weight is 512 g/mol. The molecule has 5 rings (SSSR count). The van der Waals surface area contributed by atoms with E-state index in [1.54, 1.807) is 25.7 Å². The van der Waals surface area contributed by atoms with Gasteiger partial charge in [0.05, 0.1) is 36.1 Å². The van der Waals surface area contributed by atoms with Gasteiger partial charge in [-0.25, -0.2) is 4.99 Å². The highest BCUT2D eigenvalue weighted by atomic mass is 32.1. The molecule has 1 aromatic heterocycles. The highest BCUT2D eigenvalue weighted by Gasteiger charge is 2.32. The van der Waals surface area contributed by atoms with E-state index in [4.69, 9.17) is 9.47 Å². The molecule has 186 valence electrons. The SMILES string of the molecule is COc1cccc(/C=c2/sc3n(c2=O)C(c2cccc(OC)c2)C(C(=O)Nc2ccccc2)=C(C)N=3)c1. The molecular weight excluding hydrogens is 486 g/mol. The second kappa shape index (κ2) is 10.3. The molecule has 1 unspecified atom stereocenters. The standard InChI is InChI=1S/C29H25N3O4S/c1-18-25(27(33)31-21-11-5-4-6-12-21)26(20-10-8-14-23(17-20)36-3)32-28(34)24(37-29(32)30-18)16-19-9-7-13-22(15-19)35-2/h4-17,26H,1-3H3,(H,31,33)/b24-16+. The van der Waals surface area contributed by atoms with Gasteiger partial charge >= 0.3 is 0 Å². The average Bonchev–Trinajstić information content (AvgIpc) is 3.22. The molecule has 0 spiro atoms. The maximum Gasteiger partial charge on any atom is 0.271 e. The Balaban J connectivity index is 1.68. The first-order chi connectivity index (χ1) is 18.0. The molecule has 0 bridgehead atoms. The van der Waals surface area contributed by atoms with Crippen molar-refractivity contribution in [2.24, 2.45) is 4.99 Å². The van der Waals surface area contributed by atoms with E-state index in [1.165, 1.54) is 11.3 Å². The third-order valence-electron chi connectivity index (χ3n) is 6.10. The number of fused-ring (bicyclic) bond motifs is 1. The van der Waals surface area contributed by atoms with Crippen molar-refractivity contribution in [3.63, 3.8) is 0 Å². The number of hydrogen-bond acceptors (Lipinski definition) is 6. The number of anilines is 1. The summed E-state index contributed by atoms with van der Waals surface area (Å²) >= 11 is 1.29. The lowest BCUT2D eigenvalue weighted by atomic mass is 9.95. The van der Waals surface area contributed by atoms with Crippen LogP contribution in [0.25, 0.3) is 6.08 Å². The van der Waals surface area contributed by atoms with Crippen LogP contribution in [0.15, 0.2) is 99.9 Å². The van der Waals surface area contributed by atoms with Crippen LogP contribution >= 0.6 is 11.3 Å². The molecule has 0 fully saturated rings. The van der Waals surface area contributed by atoms with E-state index in [2.05, 4.69) is 10.3 Å². The number of carbonyl (C=O) groups is 1. The first kappa shape index (κ1) is 24.3. The van der Waals surface area contributed by atoms with E-state index in [0.29, 0.717) is 37.8 Å². The summed E-state index contributed by atoms with van der Waals surface area (Å²) in [4.78, 5) is 32.6. The lowest BCUT2D eigenvalue weighted by molar-refractivity contribution is -0.113. The molecule has 0 saturated carbocycles. The number of para-hydroxylation sites is 1. The summed E-state index contributed by atoms with van der Waals surface area (Å²) in [5, 5.41) is 2.96. The number of hydrogen-bond donors (Lipinski definition) is 1. The molecule has 1 atom stereocenters. The number of amides is 1. The minimum absolute atomic E-state index is 0.225. The Kier molecular flexibility index (Phi) is 6.74. The van der Waals surface area contributed by atoms with Gasteiger partial charge in [-0.15, -0.1) is 0 Å². The Morgan fingerprint density at radius 2 is 1.68 bits per heavy atom.